The minimum atomic E-state index is -0.830. The van der Waals surface area contributed by atoms with E-state index in [4.69, 9.17) is 9.05 Å². The molecule has 0 aromatic carbocycles. The molecule has 0 spiro atoms. The van der Waals surface area contributed by atoms with E-state index in [1.807, 2.05) is 13.8 Å². The van der Waals surface area contributed by atoms with Crippen molar-refractivity contribution in [3.63, 3.8) is 0 Å². The van der Waals surface area contributed by atoms with E-state index in [1.165, 1.54) is 98.5 Å². The molecule has 69 heavy (non-hydrogen) atoms. The Balaban J connectivity index is 0.000000355. The largest absolute Gasteiger partial charge is 0.390 e. The van der Waals surface area contributed by atoms with Crippen LogP contribution in [0.4, 0.5) is 0 Å². The lowest BCUT2D eigenvalue weighted by Crippen LogP contribution is -2.57. The summed E-state index contributed by atoms with van der Waals surface area (Å²) in [4.78, 5) is 0. The third-order valence-electron chi connectivity index (χ3n) is 18.1. The van der Waals surface area contributed by atoms with Gasteiger partial charge < -0.3 is 24.4 Å². The molecule has 4 fully saturated rings. The Kier molecular flexibility index (Phi) is 28.2. The first-order valence-electron chi connectivity index (χ1n) is 27.2. The highest BCUT2D eigenvalue weighted by atomic mass is 32.0. The van der Waals surface area contributed by atoms with Crippen LogP contribution in [0.3, 0.4) is 0 Å². The summed E-state index contributed by atoms with van der Waals surface area (Å²) in [6.07, 6.45) is 35.7. The molecule has 4 aliphatic carbocycles. The van der Waals surface area contributed by atoms with Crippen LogP contribution >= 0.6 is 34.8 Å². The van der Waals surface area contributed by atoms with Crippen molar-refractivity contribution in [3.05, 3.63) is 70.9 Å². The van der Waals surface area contributed by atoms with Crippen molar-refractivity contribution in [3.8, 4) is 0 Å². The molecule has 0 aromatic heterocycles. The molecule has 0 aromatic rings. The molecule has 5 unspecified atom stereocenters. The van der Waals surface area contributed by atoms with Crippen LogP contribution in [0.15, 0.2) is 70.9 Å². The summed E-state index contributed by atoms with van der Waals surface area (Å²) in [5.41, 5.74) is 6.54. The fourth-order valence-electron chi connectivity index (χ4n) is 14.0. The summed E-state index contributed by atoms with van der Waals surface area (Å²) in [5, 5.41) is 32.6. The van der Waals surface area contributed by atoms with Crippen LogP contribution in [-0.2, 0) is 9.05 Å². The molecular weight excluding hydrogens is 925 g/mol. The van der Waals surface area contributed by atoms with Gasteiger partial charge >= 0.3 is 0 Å². The molecule has 0 aliphatic heterocycles. The van der Waals surface area contributed by atoms with E-state index in [-0.39, 0.29) is 16.7 Å². The van der Waals surface area contributed by atoms with Gasteiger partial charge in [0.25, 0.3) is 0 Å². The highest BCUT2D eigenvalue weighted by Gasteiger charge is 2.59. The predicted octanol–water partition coefficient (Wildman–Crippen LogP) is 18.3. The zero-order chi connectivity index (χ0) is 52.3. The van der Waals surface area contributed by atoms with Gasteiger partial charge in [0.1, 0.15) is 0 Å². The highest BCUT2D eigenvalue weighted by Crippen LogP contribution is 2.64. The second-order valence-electron chi connectivity index (χ2n) is 25.3. The zero-order valence-corrected chi connectivity index (χ0v) is 51.7. The van der Waals surface area contributed by atoms with Crippen LogP contribution in [0.5, 0.6) is 0 Å². The Hall–Kier alpha value is -0.0400. The summed E-state index contributed by atoms with van der Waals surface area (Å²) >= 11 is 0. The summed E-state index contributed by atoms with van der Waals surface area (Å²) in [6, 6.07) is 0. The number of fused-ring (bicyclic) bond motifs is 2. The first-order chi connectivity index (χ1) is 32.0. The van der Waals surface area contributed by atoms with Crippen molar-refractivity contribution in [1.29, 1.82) is 0 Å². The van der Waals surface area contributed by atoms with E-state index in [9.17, 15) is 15.3 Å². The van der Waals surface area contributed by atoms with Crippen molar-refractivity contribution in [2.45, 2.75) is 249 Å². The number of rotatable bonds is 22. The van der Waals surface area contributed by atoms with Crippen LogP contribution in [0.2, 0.25) is 0 Å². The van der Waals surface area contributed by atoms with Gasteiger partial charge in [0.05, 0.1) is 30.0 Å². The quantitative estimate of drug-likeness (QED) is 0.0572. The molecule has 5 nitrogen and oxygen atoms in total. The van der Waals surface area contributed by atoms with Gasteiger partial charge in [-0.3, -0.25) is 0 Å². The van der Waals surface area contributed by atoms with Crippen molar-refractivity contribution in [2.75, 3.05) is 13.2 Å². The Morgan fingerprint density at radius 2 is 0.957 bits per heavy atom. The van der Waals surface area contributed by atoms with Gasteiger partial charge in [0.15, 0.2) is 0 Å². The fourth-order valence-corrected chi connectivity index (χ4v) is 14.9. The predicted molar refractivity (Wildman–Crippen MR) is 315 cm³/mol. The number of hydrogen-bond acceptors (Lipinski definition) is 5. The topological polar surface area (TPSA) is 79.2 Å². The van der Waals surface area contributed by atoms with Crippen molar-refractivity contribution in [2.24, 2.45) is 45.3 Å². The number of aliphatic hydroxyl groups is 3. The van der Waals surface area contributed by atoms with Gasteiger partial charge in [-0.1, -0.05) is 137 Å². The highest BCUT2D eigenvalue weighted by molar-refractivity contribution is 8.00. The minimum absolute atomic E-state index is 0.181. The van der Waals surface area contributed by atoms with Crippen LogP contribution in [0, 0.1) is 45.3 Å². The smallest absolute Gasteiger partial charge is 0.0797 e. The average Bonchev–Trinajstić information content (AvgIpc) is 3.22. The standard InChI is InChI=1S/C20H38O2P2.C20H36O2.C20H36OP2/c1-15(10-14-22-24-23)7-8-17-19(4)12-6-11-18(2,3)16(19)9-13-20(17,5)21;1-7-18(4,21)13-9-16-19(5)12-8-11-17(2,3)15(19)10-14-20(16,6)22;1-17(2)9-6-10-18(3)11-7-12-19(4)13-8-14-20(5)15-16-21-23-22/h10,16-17,21,24H,6-9,11-14,23H2,1-5H3;7,15-16,21-22H,1,8-14H2,2-6H3;9,11,13,15,23H,6-8,10,12,14,16,22H2,1-5H3/b15-10+;;18-11+,19-13+,20-15+/t16?,17-,19+,20-;15-,16+,18+,19-,20+;/m10./s1. The van der Waals surface area contributed by atoms with Crippen LogP contribution < -0.4 is 0 Å². The molecular formula is C60H110O5P4. The molecule has 9 heteroatoms. The lowest BCUT2D eigenvalue weighted by atomic mass is 9.45. The van der Waals surface area contributed by atoms with Crippen LogP contribution in [0.25, 0.3) is 0 Å². The lowest BCUT2D eigenvalue weighted by molar-refractivity contribution is -0.171. The molecule has 0 bridgehead atoms. The maximum atomic E-state index is 11.2. The Morgan fingerprint density at radius 1 is 0.580 bits per heavy atom. The fraction of sp³-hybridized carbons (Fsp3) is 0.800. The normalized spacial score (nSPS) is 32.6. The van der Waals surface area contributed by atoms with E-state index >= 15 is 0 Å². The maximum Gasteiger partial charge on any atom is 0.0797 e. The Morgan fingerprint density at radius 3 is 1.35 bits per heavy atom. The van der Waals surface area contributed by atoms with E-state index in [2.05, 4.69) is 145 Å². The SMILES string of the molecule is C/C(=C\COPP)CC[C@@H]1[C@@]2(C)CCCC(C)(C)C2CC[C@@]1(C)O.C=C[C@@](C)(O)CC[C@@H]1[C@@]2(C)CCCC(C)(C)[C@@H]2CC[C@@]1(C)O.CC(C)=CCC/C(C)=C/CC/C(C)=C/CC/C(C)=C/COPP. The third-order valence-corrected chi connectivity index (χ3v) is 19.7. The maximum absolute atomic E-state index is 11.2. The van der Waals surface area contributed by atoms with Gasteiger partial charge in [0, 0.05) is 17.0 Å². The Labute approximate surface area is 435 Å². The van der Waals surface area contributed by atoms with E-state index in [0.29, 0.717) is 52.7 Å². The van der Waals surface area contributed by atoms with Crippen LogP contribution in [0.1, 0.15) is 232 Å². The van der Waals surface area contributed by atoms with E-state index in [1.54, 1.807) is 6.08 Å². The first kappa shape index (κ1) is 65.1. The molecule has 0 saturated heterocycles. The third kappa shape index (κ3) is 21.2. The van der Waals surface area contributed by atoms with Crippen LogP contribution in [-0.4, -0.2) is 45.3 Å². The van der Waals surface area contributed by atoms with Crippen molar-refractivity contribution in [1.82, 2.24) is 0 Å². The van der Waals surface area contributed by atoms with Crippen molar-refractivity contribution >= 4 is 34.8 Å². The minimum Gasteiger partial charge on any atom is -0.390 e. The Bertz CT molecular complexity index is 1700. The number of allylic oxidation sites excluding steroid dienone is 8. The first-order valence-corrected chi connectivity index (χ1v) is 32.7. The van der Waals surface area contributed by atoms with Crippen molar-refractivity contribution < 1.29 is 24.4 Å². The summed E-state index contributed by atoms with van der Waals surface area (Å²) in [6.45, 7) is 39.0. The van der Waals surface area contributed by atoms with E-state index in [0.717, 1.165) is 63.9 Å². The second kappa shape index (κ2) is 29.9. The summed E-state index contributed by atoms with van der Waals surface area (Å²) in [7, 11) is 6.20. The van der Waals surface area contributed by atoms with Gasteiger partial charge in [-0.25, -0.2) is 0 Å². The second-order valence-corrected chi connectivity index (χ2v) is 27.8. The lowest BCUT2D eigenvalue weighted by Gasteiger charge is -2.61. The van der Waals surface area contributed by atoms with Gasteiger partial charge in [-0.15, -0.1) is 6.58 Å². The molecule has 3 N–H and O–H groups in total. The monoisotopic (exact) mass is 1030 g/mol. The van der Waals surface area contributed by atoms with Gasteiger partial charge in [-0.2, -0.15) is 0 Å². The zero-order valence-electron chi connectivity index (χ0n) is 47.3. The molecule has 0 heterocycles. The average molecular weight is 1040 g/mol. The molecule has 4 aliphatic rings. The summed E-state index contributed by atoms with van der Waals surface area (Å²) in [5.74, 6) is 2.07. The molecule has 0 amide bonds. The summed E-state index contributed by atoms with van der Waals surface area (Å²) < 4.78 is 10.8. The molecule has 400 valence electrons. The molecule has 0 radical (unpaired) electrons. The van der Waals surface area contributed by atoms with Gasteiger partial charge in [0.2, 0.25) is 0 Å². The molecule has 4 saturated carbocycles. The number of hydrogen-bond donors (Lipinski definition) is 3. The van der Waals surface area contributed by atoms with Gasteiger partial charge in [-0.05, 0) is 223 Å². The molecule has 4 rings (SSSR count). The van der Waals surface area contributed by atoms with E-state index < -0.39 is 16.8 Å². The molecule has 13 atom stereocenters.